The van der Waals surface area contributed by atoms with E-state index in [1.165, 1.54) is 4.88 Å². The summed E-state index contributed by atoms with van der Waals surface area (Å²) >= 11 is 7.94. The SMILES string of the molecule is Cc1nc(Cc2cccs2)nc(Cl)c1C(C)C. The highest BCUT2D eigenvalue weighted by atomic mass is 35.5. The molecule has 0 bridgehead atoms. The van der Waals surface area contributed by atoms with Crippen LogP contribution in [0.25, 0.3) is 0 Å². The van der Waals surface area contributed by atoms with Crippen molar-refractivity contribution in [2.75, 3.05) is 0 Å². The Labute approximate surface area is 111 Å². The van der Waals surface area contributed by atoms with Gasteiger partial charge in [-0.25, -0.2) is 9.97 Å². The Morgan fingerprint density at radius 3 is 2.65 bits per heavy atom. The van der Waals surface area contributed by atoms with Crippen molar-refractivity contribution in [3.8, 4) is 0 Å². The number of hydrogen-bond donors (Lipinski definition) is 0. The summed E-state index contributed by atoms with van der Waals surface area (Å²) in [4.78, 5) is 10.2. The summed E-state index contributed by atoms with van der Waals surface area (Å²) in [5.41, 5.74) is 2.05. The van der Waals surface area contributed by atoms with Crippen LogP contribution >= 0.6 is 22.9 Å². The quantitative estimate of drug-likeness (QED) is 0.778. The minimum Gasteiger partial charge on any atom is -0.237 e. The van der Waals surface area contributed by atoms with Crippen LogP contribution in [0, 0.1) is 6.92 Å². The van der Waals surface area contributed by atoms with Crippen molar-refractivity contribution in [3.63, 3.8) is 0 Å². The lowest BCUT2D eigenvalue weighted by Gasteiger charge is -2.11. The maximum Gasteiger partial charge on any atom is 0.136 e. The van der Waals surface area contributed by atoms with Gasteiger partial charge < -0.3 is 0 Å². The van der Waals surface area contributed by atoms with E-state index in [-0.39, 0.29) is 0 Å². The van der Waals surface area contributed by atoms with Gasteiger partial charge in [-0.1, -0.05) is 31.5 Å². The lowest BCUT2D eigenvalue weighted by molar-refractivity contribution is 0.812. The Hall–Kier alpha value is -0.930. The molecule has 2 aromatic heterocycles. The number of thiophene rings is 1. The molecule has 0 aliphatic rings. The van der Waals surface area contributed by atoms with E-state index in [0.29, 0.717) is 11.1 Å². The van der Waals surface area contributed by atoms with Gasteiger partial charge in [0.1, 0.15) is 11.0 Å². The summed E-state index contributed by atoms with van der Waals surface area (Å²) in [5, 5.41) is 2.66. The predicted molar refractivity (Wildman–Crippen MR) is 73.0 cm³/mol. The molecule has 0 fully saturated rings. The zero-order valence-corrected chi connectivity index (χ0v) is 11.8. The Balaban J connectivity index is 2.32. The molecule has 0 spiro atoms. The minimum absolute atomic E-state index is 0.360. The third kappa shape index (κ3) is 2.85. The van der Waals surface area contributed by atoms with E-state index < -0.39 is 0 Å². The van der Waals surface area contributed by atoms with Gasteiger partial charge in [0.15, 0.2) is 0 Å². The van der Waals surface area contributed by atoms with E-state index in [9.17, 15) is 0 Å². The number of halogens is 1. The topological polar surface area (TPSA) is 25.8 Å². The second-order valence-electron chi connectivity index (χ2n) is 4.34. The minimum atomic E-state index is 0.360. The van der Waals surface area contributed by atoms with Crippen LogP contribution in [0.4, 0.5) is 0 Å². The van der Waals surface area contributed by atoms with E-state index in [1.54, 1.807) is 11.3 Å². The van der Waals surface area contributed by atoms with Gasteiger partial charge in [0.05, 0.1) is 0 Å². The molecule has 0 aliphatic heterocycles. The van der Waals surface area contributed by atoms with Crippen LogP contribution in [-0.4, -0.2) is 9.97 Å². The number of nitrogens with zero attached hydrogens (tertiary/aromatic N) is 2. The maximum atomic E-state index is 6.22. The van der Waals surface area contributed by atoms with Crippen LogP contribution in [0.1, 0.15) is 41.7 Å². The number of aryl methyl sites for hydroxylation is 1. The molecule has 0 amide bonds. The fraction of sp³-hybridized carbons (Fsp3) is 0.385. The van der Waals surface area contributed by atoms with Crippen molar-refractivity contribution >= 4 is 22.9 Å². The standard InChI is InChI=1S/C13H15ClN2S/c1-8(2)12-9(3)15-11(16-13(12)14)7-10-5-4-6-17-10/h4-6,8H,7H2,1-3H3. The first-order valence-electron chi connectivity index (χ1n) is 5.63. The summed E-state index contributed by atoms with van der Waals surface area (Å²) in [7, 11) is 0. The molecule has 0 N–H and O–H groups in total. The van der Waals surface area contributed by atoms with E-state index >= 15 is 0 Å². The lowest BCUT2D eigenvalue weighted by atomic mass is 10.0. The summed E-state index contributed by atoms with van der Waals surface area (Å²) < 4.78 is 0. The first-order chi connectivity index (χ1) is 8.08. The third-order valence-corrected chi connectivity index (χ3v) is 3.79. The highest BCUT2D eigenvalue weighted by Gasteiger charge is 2.13. The molecular formula is C13H15ClN2S. The molecule has 0 saturated carbocycles. The lowest BCUT2D eigenvalue weighted by Crippen LogP contribution is -2.04. The third-order valence-electron chi connectivity index (χ3n) is 2.63. The first-order valence-corrected chi connectivity index (χ1v) is 6.89. The molecule has 0 aliphatic carbocycles. The van der Waals surface area contributed by atoms with Gasteiger partial charge in [0.25, 0.3) is 0 Å². The summed E-state index contributed by atoms with van der Waals surface area (Å²) in [6.45, 7) is 6.22. The van der Waals surface area contributed by atoms with Crippen molar-refractivity contribution in [1.29, 1.82) is 0 Å². The van der Waals surface area contributed by atoms with Crippen LogP contribution in [0.5, 0.6) is 0 Å². The van der Waals surface area contributed by atoms with Crippen LogP contribution in [0.2, 0.25) is 5.15 Å². The largest absolute Gasteiger partial charge is 0.237 e. The van der Waals surface area contributed by atoms with E-state index in [4.69, 9.17) is 11.6 Å². The second-order valence-corrected chi connectivity index (χ2v) is 5.73. The van der Waals surface area contributed by atoms with Crippen molar-refractivity contribution in [2.24, 2.45) is 0 Å². The molecule has 0 radical (unpaired) electrons. The average molecular weight is 267 g/mol. The van der Waals surface area contributed by atoms with E-state index in [0.717, 1.165) is 23.5 Å². The van der Waals surface area contributed by atoms with Crippen molar-refractivity contribution in [3.05, 3.63) is 44.6 Å². The van der Waals surface area contributed by atoms with Gasteiger partial charge in [-0.15, -0.1) is 11.3 Å². The monoisotopic (exact) mass is 266 g/mol. The first kappa shape index (κ1) is 12.5. The summed E-state index contributed by atoms with van der Waals surface area (Å²) in [5.74, 6) is 1.16. The van der Waals surface area contributed by atoms with Crippen LogP contribution in [0.15, 0.2) is 17.5 Å². The van der Waals surface area contributed by atoms with Crippen molar-refractivity contribution < 1.29 is 0 Å². The van der Waals surface area contributed by atoms with Gasteiger partial charge in [-0.05, 0) is 24.3 Å². The molecule has 2 nitrogen and oxygen atoms in total. The molecule has 2 aromatic rings. The van der Waals surface area contributed by atoms with Gasteiger partial charge in [-0.3, -0.25) is 0 Å². The van der Waals surface area contributed by atoms with Gasteiger partial charge in [0, 0.05) is 22.6 Å². The molecule has 0 atom stereocenters. The molecule has 0 saturated heterocycles. The van der Waals surface area contributed by atoms with Gasteiger partial charge in [-0.2, -0.15) is 0 Å². The Morgan fingerprint density at radius 2 is 2.12 bits per heavy atom. The number of aromatic nitrogens is 2. The van der Waals surface area contributed by atoms with Crippen molar-refractivity contribution in [2.45, 2.75) is 33.1 Å². The molecule has 17 heavy (non-hydrogen) atoms. The molecule has 4 heteroatoms. The van der Waals surface area contributed by atoms with Gasteiger partial charge in [0.2, 0.25) is 0 Å². The average Bonchev–Trinajstić information content (AvgIpc) is 2.68. The molecular weight excluding hydrogens is 252 g/mol. The maximum absolute atomic E-state index is 6.22. The van der Waals surface area contributed by atoms with E-state index in [2.05, 4.69) is 35.3 Å². The van der Waals surface area contributed by atoms with Crippen LogP contribution in [-0.2, 0) is 6.42 Å². The highest BCUT2D eigenvalue weighted by Crippen LogP contribution is 2.25. The van der Waals surface area contributed by atoms with Gasteiger partial charge >= 0.3 is 0 Å². The van der Waals surface area contributed by atoms with Crippen molar-refractivity contribution in [1.82, 2.24) is 9.97 Å². The van der Waals surface area contributed by atoms with E-state index in [1.807, 2.05) is 13.0 Å². The predicted octanol–water partition coefficient (Wildman–Crippen LogP) is 4.21. The molecule has 0 aromatic carbocycles. The van der Waals surface area contributed by atoms with Crippen LogP contribution in [0.3, 0.4) is 0 Å². The number of rotatable bonds is 3. The fourth-order valence-electron chi connectivity index (χ4n) is 1.91. The smallest absolute Gasteiger partial charge is 0.136 e. The zero-order valence-electron chi connectivity index (χ0n) is 10.2. The molecule has 90 valence electrons. The summed E-state index contributed by atoms with van der Waals surface area (Å²) in [6.07, 6.45) is 0.761. The number of hydrogen-bond acceptors (Lipinski definition) is 3. The Morgan fingerprint density at radius 1 is 1.35 bits per heavy atom. The zero-order chi connectivity index (χ0) is 12.4. The van der Waals surface area contributed by atoms with Crippen LogP contribution < -0.4 is 0 Å². The Kier molecular flexibility index (Phi) is 3.79. The molecule has 2 heterocycles. The normalized spacial score (nSPS) is 11.1. The fourth-order valence-corrected chi connectivity index (χ4v) is 3.06. The Bertz CT molecular complexity index is 483. The molecule has 2 rings (SSSR count). The summed E-state index contributed by atoms with van der Waals surface area (Å²) in [6, 6.07) is 4.13. The molecule has 0 unspecified atom stereocenters. The second kappa shape index (κ2) is 5.15. The highest BCUT2D eigenvalue weighted by molar-refractivity contribution is 7.09.